The van der Waals surface area contributed by atoms with Gasteiger partial charge in [0.05, 0.1) is 17.3 Å². The van der Waals surface area contributed by atoms with Gasteiger partial charge in [-0.15, -0.1) is 0 Å². The summed E-state index contributed by atoms with van der Waals surface area (Å²) in [4.78, 5) is 15.8. The molecule has 1 aromatic heterocycles. The summed E-state index contributed by atoms with van der Waals surface area (Å²) in [5, 5.41) is 12.1. The number of aromatic nitrogens is 2. The Morgan fingerprint density at radius 2 is 1.87 bits per heavy atom. The molecule has 38 heavy (non-hydrogen) atoms. The molecule has 3 heterocycles. The van der Waals surface area contributed by atoms with Crippen molar-refractivity contribution in [3.05, 3.63) is 83.4 Å². The van der Waals surface area contributed by atoms with Gasteiger partial charge in [0.1, 0.15) is 11.4 Å². The third-order valence-electron chi connectivity index (χ3n) is 8.77. The van der Waals surface area contributed by atoms with Crippen molar-refractivity contribution in [1.29, 1.82) is 0 Å². The lowest BCUT2D eigenvalue weighted by molar-refractivity contribution is -0.00874. The van der Waals surface area contributed by atoms with Gasteiger partial charge in [0, 0.05) is 29.6 Å². The van der Waals surface area contributed by atoms with Gasteiger partial charge in [-0.25, -0.2) is 0 Å². The summed E-state index contributed by atoms with van der Waals surface area (Å²) in [6.45, 7) is 2.19. The molecule has 1 saturated carbocycles. The van der Waals surface area contributed by atoms with E-state index in [4.69, 9.17) is 4.74 Å². The standard InChI is InChI=1S/C32H34N4O2/c1-36-17-15-32(16-18-36)14-13-23-19-24(10-12-28(23)38-32)30-26-20-25(9-11-27(26)34-35-30)31(37)33-29(22-7-8-22)21-5-3-2-4-6-21/h2-6,9-12,19-20,22,29H,7-8,13-18H2,1H3,(H,33,37)(H,34,35)/t29-/m1/s1. The molecular formula is C32H34N4O2. The van der Waals surface area contributed by atoms with Crippen molar-refractivity contribution in [2.45, 2.75) is 50.2 Å². The fourth-order valence-electron chi connectivity index (χ4n) is 6.21. The predicted octanol–water partition coefficient (Wildman–Crippen LogP) is 5.90. The average Bonchev–Trinajstić information content (AvgIpc) is 3.71. The maximum absolute atomic E-state index is 13.4. The molecule has 2 fully saturated rings. The van der Waals surface area contributed by atoms with Crippen molar-refractivity contribution < 1.29 is 9.53 Å². The van der Waals surface area contributed by atoms with Gasteiger partial charge >= 0.3 is 0 Å². The van der Waals surface area contributed by atoms with E-state index in [1.807, 2.05) is 36.4 Å². The quantitative estimate of drug-likeness (QED) is 0.354. The summed E-state index contributed by atoms with van der Waals surface area (Å²) in [5.41, 5.74) is 5.92. The molecule has 0 bridgehead atoms. The molecular weight excluding hydrogens is 472 g/mol. The van der Waals surface area contributed by atoms with Crippen LogP contribution in [0.1, 0.15) is 59.6 Å². The van der Waals surface area contributed by atoms with Crippen LogP contribution in [0.15, 0.2) is 66.7 Å². The van der Waals surface area contributed by atoms with Crippen LogP contribution in [0.4, 0.5) is 0 Å². The number of piperidine rings is 1. The Kier molecular flexibility index (Phi) is 5.73. The highest BCUT2D eigenvalue weighted by Crippen LogP contribution is 2.42. The van der Waals surface area contributed by atoms with Crippen molar-refractivity contribution in [1.82, 2.24) is 20.4 Å². The molecule has 7 rings (SSSR count). The molecule has 1 saturated heterocycles. The van der Waals surface area contributed by atoms with Crippen molar-refractivity contribution in [2.24, 2.45) is 5.92 Å². The van der Waals surface area contributed by atoms with E-state index in [1.54, 1.807) is 0 Å². The monoisotopic (exact) mass is 506 g/mol. The van der Waals surface area contributed by atoms with E-state index in [9.17, 15) is 4.79 Å². The van der Waals surface area contributed by atoms with Crippen LogP contribution in [0, 0.1) is 5.92 Å². The van der Waals surface area contributed by atoms with E-state index in [0.717, 1.165) is 79.5 Å². The molecule has 0 unspecified atom stereocenters. The van der Waals surface area contributed by atoms with Gasteiger partial charge in [0.25, 0.3) is 5.91 Å². The molecule has 2 aliphatic heterocycles. The van der Waals surface area contributed by atoms with Crippen molar-refractivity contribution in [3.63, 3.8) is 0 Å². The van der Waals surface area contributed by atoms with Crippen LogP contribution in [-0.4, -0.2) is 46.7 Å². The minimum atomic E-state index is -0.0398. The lowest BCUT2D eigenvalue weighted by Gasteiger charge is -2.43. The van der Waals surface area contributed by atoms with E-state index in [0.29, 0.717) is 11.5 Å². The number of aromatic amines is 1. The number of carbonyl (C=O) groups excluding carboxylic acids is 1. The first-order chi connectivity index (χ1) is 18.6. The fourth-order valence-corrected chi connectivity index (χ4v) is 6.21. The van der Waals surface area contributed by atoms with Crippen LogP contribution in [0.5, 0.6) is 5.75 Å². The van der Waals surface area contributed by atoms with Gasteiger partial charge in [0.2, 0.25) is 0 Å². The second-order valence-corrected chi connectivity index (χ2v) is 11.4. The van der Waals surface area contributed by atoms with Crippen LogP contribution in [0.2, 0.25) is 0 Å². The maximum Gasteiger partial charge on any atom is 0.251 e. The Morgan fingerprint density at radius 3 is 2.66 bits per heavy atom. The zero-order chi connectivity index (χ0) is 25.7. The summed E-state index contributed by atoms with van der Waals surface area (Å²) in [6.07, 6.45) is 6.57. The highest BCUT2D eigenvalue weighted by atomic mass is 16.5. The molecule has 194 valence electrons. The minimum Gasteiger partial charge on any atom is -0.487 e. The number of nitrogens with zero attached hydrogens (tertiary/aromatic N) is 2. The summed E-state index contributed by atoms with van der Waals surface area (Å²) in [5.74, 6) is 1.49. The molecule has 6 nitrogen and oxygen atoms in total. The van der Waals surface area contributed by atoms with Gasteiger partial charge in [-0.3, -0.25) is 9.89 Å². The van der Waals surface area contributed by atoms with E-state index >= 15 is 0 Å². The molecule has 1 amide bonds. The van der Waals surface area contributed by atoms with E-state index in [-0.39, 0.29) is 17.6 Å². The number of hydrogen-bond acceptors (Lipinski definition) is 4. The Hall–Kier alpha value is -3.64. The van der Waals surface area contributed by atoms with Crippen LogP contribution in [-0.2, 0) is 6.42 Å². The first-order valence-corrected chi connectivity index (χ1v) is 13.9. The number of rotatable bonds is 5. The summed E-state index contributed by atoms with van der Waals surface area (Å²) >= 11 is 0. The minimum absolute atomic E-state index is 0.0135. The molecule has 3 aliphatic rings. The van der Waals surface area contributed by atoms with Gasteiger partial charge in [-0.1, -0.05) is 30.3 Å². The van der Waals surface area contributed by atoms with Crippen LogP contribution in [0.25, 0.3) is 22.2 Å². The van der Waals surface area contributed by atoms with Crippen LogP contribution in [0.3, 0.4) is 0 Å². The molecule has 1 aliphatic carbocycles. The third kappa shape index (κ3) is 4.37. The molecule has 2 N–H and O–H groups in total. The smallest absolute Gasteiger partial charge is 0.251 e. The number of benzene rings is 3. The maximum atomic E-state index is 13.4. The lowest BCUT2D eigenvalue weighted by Crippen LogP contribution is -2.48. The van der Waals surface area contributed by atoms with E-state index in [1.165, 1.54) is 11.1 Å². The Morgan fingerprint density at radius 1 is 1.05 bits per heavy atom. The molecule has 6 heteroatoms. The van der Waals surface area contributed by atoms with Crippen molar-refractivity contribution in [3.8, 4) is 17.0 Å². The summed E-state index contributed by atoms with van der Waals surface area (Å²) in [7, 11) is 2.19. The number of aryl methyl sites for hydroxylation is 1. The van der Waals surface area contributed by atoms with Gasteiger partial charge in [-0.2, -0.15) is 5.10 Å². The SMILES string of the molecule is CN1CCC2(CCc3cc(-c4n[nH]c5ccc(C(=O)N[C@H](c6ccccc6)C6CC6)cc45)ccc3O2)CC1. The highest BCUT2D eigenvalue weighted by Gasteiger charge is 2.39. The number of nitrogens with one attached hydrogen (secondary N) is 2. The van der Waals surface area contributed by atoms with Gasteiger partial charge < -0.3 is 15.0 Å². The number of ether oxygens (including phenoxy) is 1. The van der Waals surface area contributed by atoms with E-state index < -0.39 is 0 Å². The number of hydrogen-bond donors (Lipinski definition) is 2. The number of carbonyl (C=O) groups is 1. The third-order valence-corrected chi connectivity index (χ3v) is 8.77. The Labute approximate surface area is 223 Å². The number of fused-ring (bicyclic) bond motifs is 2. The van der Waals surface area contributed by atoms with Gasteiger partial charge in [-0.05, 0) is 99.0 Å². The fraction of sp³-hybridized carbons (Fsp3) is 0.375. The molecule has 0 radical (unpaired) electrons. The van der Waals surface area contributed by atoms with Crippen molar-refractivity contribution >= 4 is 16.8 Å². The second kappa shape index (κ2) is 9.28. The zero-order valence-electron chi connectivity index (χ0n) is 21.9. The molecule has 1 atom stereocenters. The van der Waals surface area contributed by atoms with Crippen molar-refractivity contribution in [2.75, 3.05) is 20.1 Å². The lowest BCUT2D eigenvalue weighted by atomic mass is 9.83. The average molecular weight is 507 g/mol. The van der Waals surface area contributed by atoms with Crippen LogP contribution < -0.4 is 10.1 Å². The molecule has 4 aromatic rings. The highest BCUT2D eigenvalue weighted by molar-refractivity contribution is 6.01. The summed E-state index contributed by atoms with van der Waals surface area (Å²) < 4.78 is 6.61. The second-order valence-electron chi connectivity index (χ2n) is 11.4. The van der Waals surface area contributed by atoms with Crippen LogP contribution >= 0.6 is 0 Å². The molecule has 3 aromatic carbocycles. The Bertz CT molecular complexity index is 1480. The van der Waals surface area contributed by atoms with E-state index in [2.05, 4.69) is 57.8 Å². The normalized spacial score (nSPS) is 19.6. The number of H-pyrrole nitrogens is 1. The Balaban J connectivity index is 1.14. The number of amides is 1. The zero-order valence-corrected chi connectivity index (χ0v) is 21.9. The molecule has 1 spiro atoms. The predicted molar refractivity (Wildman–Crippen MR) is 149 cm³/mol. The number of likely N-dealkylation sites (tertiary alicyclic amines) is 1. The first-order valence-electron chi connectivity index (χ1n) is 13.9. The first kappa shape index (κ1) is 23.5. The summed E-state index contributed by atoms with van der Waals surface area (Å²) in [6, 6.07) is 22.6. The van der Waals surface area contributed by atoms with Gasteiger partial charge in [0.15, 0.2) is 0 Å². The largest absolute Gasteiger partial charge is 0.487 e. The topological polar surface area (TPSA) is 70.2 Å².